The zero-order valence-corrected chi connectivity index (χ0v) is 11.2. The van der Waals surface area contributed by atoms with E-state index in [-0.39, 0.29) is 30.4 Å². The molecule has 0 heterocycles. The minimum absolute atomic E-state index is 0. The van der Waals surface area contributed by atoms with Crippen LogP contribution in [0.5, 0.6) is 0 Å². The highest BCUT2D eigenvalue weighted by molar-refractivity contribution is 5.85. The van der Waals surface area contributed by atoms with Gasteiger partial charge in [0.05, 0.1) is 6.42 Å². The predicted molar refractivity (Wildman–Crippen MR) is 71.0 cm³/mol. The van der Waals surface area contributed by atoms with Crippen LogP contribution < -0.4 is 11.1 Å². The second kappa shape index (κ2) is 6.82. The fourth-order valence-electron chi connectivity index (χ4n) is 1.85. The van der Waals surface area contributed by atoms with Gasteiger partial charge in [0.2, 0.25) is 5.91 Å². The number of hydrogen-bond acceptors (Lipinski definition) is 2. The van der Waals surface area contributed by atoms with Crippen molar-refractivity contribution in [3.63, 3.8) is 0 Å². The Morgan fingerprint density at radius 3 is 2.47 bits per heavy atom. The summed E-state index contributed by atoms with van der Waals surface area (Å²) in [6, 6.07) is 3.50. The molecule has 1 atom stereocenters. The number of nitrogens with one attached hydrogen (secondary N) is 1. The van der Waals surface area contributed by atoms with Crippen LogP contribution in [0.4, 0.5) is 8.78 Å². The summed E-state index contributed by atoms with van der Waals surface area (Å²) in [5.74, 6) is -1.32. The molecule has 1 aromatic carbocycles. The maximum Gasteiger partial charge on any atom is 0.224 e. The summed E-state index contributed by atoms with van der Waals surface area (Å²) in [7, 11) is 0. The van der Waals surface area contributed by atoms with E-state index in [0.29, 0.717) is 12.5 Å². The van der Waals surface area contributed by atoms with E-state index in [9.17, 15) is 13.6 Å². The van der Waals surface area contributed by atoms with E-state index >= 15 is 0 Å². The van der Waals surface area contributed by atoms with Crippen LogP contribution in [0.2, 0.25) is 0 Å². The molecule has 1 amide bonds. The maximum atomic E-state index is 13.3. The summed E-state index contributed by atoms with van der Waals surface area (Å²) < 4.78 is 26.6. The predicted octanol–water partition coefficient (Wildman–Crippen LogP) is 1.78. The standard InChI is InChI=1S/C13H16F2N2O.ClH/c14-10-2-1-3-11(15)9(10)6-13(18)17-7-12(16)8-4-5-8;/h1-3,8,12H,4-7,16H2,(H,17,18);1H. The van der Waals surface area contributed by atoms with Gasteiger partial charge in [-0.05, 0) is 30.9 Å². The molecule has 1 aliphatic carbocycles. The zero-order chi connectivity index (χ0) is 13.1. The topological polar surface area (TPSA) is 55.1 Å². The van der Waals surface area contributed by atoms with Gasteiger partial charge in [0.1, 0.15) is 11.6 Å². The van der Waals surface area contributed by atoms with Crippen molar-refractivity contribution in [2.75, 3.05) is 6.54 Å². The van der Waals surface area contributed by atoms with E-state index in [4.69, 9.17) is 5.73 Å². The highest BCUT2D eigenvalue weighted by Gasteiger charge is 2.28. The van der Waals surface area contributed by atoms with Crippen molar-refractivity contribution in [3.05, 3.63) is 35.4 Å². The van der Waals surface area contributed by atoms with E-state index in [2.05, 4.69) is 5.32 Å². The molecule has 3 N–H and O–H groups in total. The highest BCUT2D eigenvalue weighted by atomic mass is 35.5. The summed E-state index contributed by atoms with van der Waals surface area (Å²) in [6.07, 6.45) is 1.90. The quantitative estimate of drug-likeness (QED) is 0.868. The van der Waals surface area contributed by atoms with Crippen molar-refractivity contribution >= 4 is 18.3 Å². The van der Waals surface area contributed by atoms with Gasteiger partial charge in [-0.2, -0.15) is 0 Å². The minimum atomic E-state index is -0.698. The van der Waals surface area contributed by atoms with Gasteiger partial charge in [0, 0.05) is 18.2 Å². The van der Waals surface area contributed by atoms with Crippen molar-refractivity contribution in [2.24, 2.45) is 11.7 Å². The van der Waals surface area contributed by atoms with E-state index in [1.807, 2.05) is 0 Å². The van der Waals surface area contributed by atoms with Crippen LogP contribution >= 0.6 is 12.4 Å². The van der Waals surface area contributed by atoms with Gasteiger partial charge in [-0.25, -0.2) is 8.78 Å². The molecule has 0 aliphatic heterocycles. The monoisotopic (exact) mass is 290 g/mol. The van der Waals surface area contributed by atoms with Gasteiger partial charge in [-0.1, -0.05) is 6.07 Å². The lowest BCUT2D eigenvalue weighted by molar-refractivity contribution is -0.120. The van der Waals surface area contributed by atoms with E-state index < -0.39 is 17.5 Å². The number of benzene rings is 1. The largest absolute Gasteiger partial charge is 0.354 e. The van der Waals surface area contributed by atoms with E-state index in [0.717, 1.165) is 25.0 Å². The van der Waals surface area contributed by atoms with Crippen LogP contribution in [-0.2, 0) is 11.2 Å². The van der Waals surface area contributed by atoms with Gasteiger partial charge in [-0.15, -0.1) is 12.4 Å². The Morgan fingerprint density at radius 2 is 1.95 bits per heavy atom. The second-order valence-electron chi connectivity index (χ2n) is 4.68. The third-order valence-electron chi connectivity index (χ3n) is 3.16. The van der Waals surface area contributed by atoms with Crippen LogP contribution in [0.1, 0.15) is 18.4 Å². The summed E-state index contributed by atoms with van der Waals surface area (Å²) >= 11 is 0. The normalized spacial score (nSPS) is 15.5. The highest BCUT2D eigenvalue weighted by Crippen LogP contribution is 2.31. The summed E-state index contributed by atoms with van der Waals surface area (Å²) in [4.78, 5) is 11.6. The molecule has 1 saturated carbocycles. The van der Waals surface area contributed by atoms with Gasteiger partial charge < -0.3 is 11.1 Å². The molecular weight excluding hydrogens is 274 g/mol. The molecule has 19 heavy (non-hydrogen) atoms. The summed E-state index contributed by atoms with van der Waals surface area (Å²) in [5, 5.41) is 2.61. The first-order valence-electron chi connectivity index (χ1n) is 6.03. The fraction of sp³-hybridized carbons (Fsp3) is 0.462. The second-order valence-corrected chi connectivity index (χ2v) is 4.68. The number of amides is 1. The molecule has 1 unspecified atom stereocenters. The molecule has 1 aliphatic rings. The number of hydrogen-bond donors (Lipinski definition) is 2. The van der Waals surface area contributed by atoms with Crippen molar-refractivity contribution in [1.29, 1.82) is 0 Å². The molecule has 6 heteroatoms. The zero-order valence-electron chi connectivity index (χ0n) is 10.4. The molecule has 0 aromatic heterocycles. The molecule has 1 aromatic rings. The average molecular weight is 291 g/mol. The number of rotatable bonds is 5. The van der Waals surface area contributed by atoms with Gasteiger partial charge in [-0.3, -0.25) is 4.79 Å². The average Bonchev–Trinajstić information content (AvgIpc) is 3.15. The fourth-order valence-corrected chi connectivity index (χ4v) is 1.85. The molecule has 2 rings (SSSR count). The van der Waals surface area contributed by atoms with Crippen LogP contribution in [0, 0.1) is 17.6 Å². The van der Waals surface area contributed by atoms with Crippen LogP contribution in [-0.4, -0.2) is 18.5 Å². The molecule has 3 nitrogen and oxygen atoms in total. The van der Waals surface area contributed by atoms with Crippen molar-refractivity contribution in [2.45, 2.75) is 25.3 Å². The Morgan fingerprint density at radius 1 is 1.37 bits per heavy atom. The van der Waals surface area contributed by atoms with Crippen LogP contribution in [0.25, 0.3) is 0 Å². The van der Waals surface area contributed by atoms with Crippen molar-refractivity contribution < 1.29 is 13.6 Å². The molecule has 106 valence electrons. The van der Waals surface area contributed by atoms with Gasteiger partial charge >= 0.3 is 0 Å². The number of carbonyl (C=O) groups is 1. The van der Waals surface area contributed by atoms with Crippen LogP contribution in [0.15, 0.2) is 18.2 Å². The first-order chi connectivity index (χ1) is 8.58. The Kier molecular flexibility index (Phi) is 5.69. The summed E-state index contributed by atoms with van der Waals surface area (Å²) in [6.45, 7) is 0.361. The van der Waals surface area contributed by atoms with E-state index in [1.165, 1.54) is 6.07 Å². The van der Waals surface area contributed by atoms with Gasteiger partial charge in [0.25, 0.3) is 0 Å². The third-order valence-corrected chi connectivity index (χ3v) is 3.16. The molecule has 0 saturated heterocycles. The first-order valence-corrected chi connectivity index (χ1v) is 6.03. The smallest absolute Gasteiger partial charge is 0.224 e. The first kappa shape index (κ1) is 15.9. The molecular formula is C13H17ClF2N2O. The Labute approximate surface area is 117 Å². The molecule has 1 fully saturated rings. The van der Waals surface area contributed by atoms with Crippen molar-refractivity contribution in [3.8, 4) is 0 Å². The Hall–Kier alpha value is -1.20. The van der Waals surface area contributed by atoms with Crippen LogP contribution in [0.3, 0.4) is 0 Å². The maximum absolute atomic E-state index is 13.3. The molecule has 0 bridgehead atoms. The van der Waals surface area contributed by atoms with E-state index in [1.54, 1.807) is 0 Å². The summed E-state index contributed by atoms with van der Waals surface area (Å²) in [5.41, 5.74) is 5.62. The number of nitrogens with two attached hydrogens (primary N) is 1. The molecule has 0 spiro atoms. The minimum Gasteiger partial charge on any atom is -0.354 e. The Balaban J connectivity index is 0.00000180. The lowest BCUT2D eigenvalue weighted by Crippen LogP contribution is -2.39. The SMILES string of the molecule is Cl.NC(CNC(=O)Cc1c(F)cccc1F)C1CC1. The number of carbonyl (C=O) groups excluding carboxylic acids is 1. The lowest BCUT2D eigenvalue weighted by Gasteiger charge is -2.12. The van der Waals surface area contributed by atoms with Crippen molar-refractivity contribution in [1.82, 2.24) is 5.32 Å². The van der Waals surface area contributed by atoms with Gasteiger partial charge in [0.15, 0.2) is 0 Å². The molecule has 0 radical (unpaired) electrons. The Bertz CT molecular complexity index is 432. The number of halogens is 3. The lowest BCUT2D eigenvalue weighted by atomic mass is 10.1. The third kappa shape index (κ3) is 4.44.